The zero-order valence-electron chi connectivity index (χ0n) is 50.8. The van der Waals surface area contributed by atoms with Gasteiger partial charge in [-0.3, -0.25) is 9.59 Å². The van der Waals surface area contributed by atoms with Gasteiger partial charge in [-0.2, -0.15) is 0 Å². The molecule has 0 aromatic heterocycles. The molecule has 0 bridgehead atoms. The van der Waals surface area contributed by atoms with E-state index in [1.165, 1.54) is 302 Å². The lowest BCUT2D eigenvalue weighted by atomic mass is 10.0. The van der Waals surface area contributed by atoms with Crippen LogP contribution < -0.4 is 5.32 Å². The van der Waals surface area contributed by atoms with Crippen LogP contribution in [0.15, 0.2) is 24.3 Å². The Morgan fingerprint density at radius 3 is 1.01 bits per heavy atom. The van der Waals surface area contributed by atoms with Crippen molar-refractivity contribution in [3.05, 3.63) is 24.3 Å². The van der Waals surface area contributed by atoms with E-state index in [9.17, 15) is 19.8 Å². The first-order valence-electron chi connectivity index (χ1n) is 34.1. The van der Waals surface area contributed by atoms with Crippen LogP contribution in [-0.2, 0) is 14.3 Å². The molecule has 0 fully saturated rings. The Balaban J connectivity index is 3.36. The highest BCUT2D eigenvalue weighted by Crippen LogP contribution is 2.18. The number of hydrogen-bond donors (Lipinski definition) is 3. The fourth-order valence-electron chi connectivity index (χ4n) is 10.8. The van der Waals surface area contributed by atoms with Crippen LogP contribution in [0.4, 0.5) is 0 Å². The van der Waals surface area contributed by atoms with E-state index in [-0.39, 0.29) is 18.5 Å². The topological polar surface area (TPSA) is 95.9 Å². The quantitative estimate of drug-likeness (QED) is 0.0320. The Morgan fingerprint density at radius 1 is 0.373 bits per heavy atom. The Bertz CT molecular complexity index is 1170. The Hall–Kier alpha value is -1.66. The van der Waals surface area contributed by atoms with E-state index in [0.717, 1.165) is 44.9 Å². The second-order valence-corrected chi connectivity index (χ2v) is 23.5. The van der Waals surface area contributed by atoms with E-state index in [1.54, 1.807) is 0 Å². The fourth-order valence-corrected chi connectivity index (χ4v) is 10.8. The van der Waals surface area contributed by atoms with Crippen molar-refractivity contribution < 1.29 is 24.5 Å². The molecule has 0 rings (SSSR count). The van der Waals surface area contributed by atoms with Crippen LogP contribution in [0.2, 0.25) is 0 Å². The smallest absolute Gasteiger partial charge is 0.305 e. The van der Waals surface area contributed by atoms with E-state index < -0.39 is 12.1 Å². The number of hydrogen-bond acceptors (Lipinski definition) is 5. The van der Waals surface area contributed by atoms with Crippen molar-refractivity contribution in [3.8, 4) is 0 Å². The average Bonchev–Trinajstić information content (AvgIpc) is 3.41. The number of amides is 1. The van der Waals surface area contributed by atoms with Gasteiger partial charge in [-0.15, -0.1) is 0 Å². The lowest BCUT2D eigenvalue weighted by Crippen LogP contribution is -2.45. The largest absolute Gasteiger partial charge is 0.466 e. The molecule has 1 amide bonds. The summed E-state index contributed by atoms with van der Waals surface area (Å²) >= 11 is 0. The van der Waals surface area contributed by atoms with Crippen molar-refractivity contribution in [1.82, 2.24) is 5.32 Å². The van der Waals surface area contributed by atoms with E-state index in [0.29, 0.717) is 25.9 Å². The SMILES string of the molecule is CCCCCCCCCCCCCCCC(O)C(CO)NC(=O)CCCCCCCCCCCCCCCCCCC/C=C\C/C=C\CCCCCCCCCCCOC(=O)CCCCCCCCCCCCCC. The average molecular weight is 1060 g/mol. The second kappa shape index (κ2) is 64.9. The van der Waals surface area contributed by atoms with Crippen molar-refractivity contribution >= 4 is 11.9 Å². The molecule has 0 saturated carbocycles. The summed E-state index contributed by atoms with van der Waals surface area (Å²) in [5.41, 5.74) is 0. The van der Waals surface area contributed by atoms with Gasteiger partial charge in [0.1, 0.15) is 0 Å². The predicted molar refractivity (Wildman–Crippen MR) is 329 cm³/mol. The molecule has 0 heterocycles. The molecule has 75 heavy (non-hydrogen) atoms. The summed E-state index contributed by atoms with van der Waals surface area (Å²) in [5, 5.41) is 23.3. The summed E-state index contributed by atoms with van der Waals surface area (Å²) in [6, 6.07) is -0.539. The second-order valence-electron chi connectivity index (χ2n) is 23.5. The predicted octanol–water partition coefficient (Wildman–Crippen LogP) is 21.8. The van der Waals surface area contributed by atoms with Gasteiger partial charge in [0.15, 0.2) is 0 Å². The van der Waals surface area contributed by atoms with Crippen LogP contribution in [0.5, 0.6) is 0 Å². The number of carbonyl (C=O) groups is 2. The lowest BCUT2D eigenvalue weighted by Gasteiger charge is -2.22. The summed E-state index contributed by atoms with van der Waals surface area (Å²) < 4.78 is 5.48. The summed E-state index contributed by atoms with van der Waals surface area (Å²) in [6.07, 6.45) is 80.8. The molecular formula is C69H133NO5. The van der Waals surface area contributed by atoms with Gasteiger partial charge >= 0.3 is 5.97 Å². The number of ether oxygens (including phenoxy) is 1. The molecule has 0 aromatic carbocycles. The zero-order chi connectivity index (χ0) is 54.3. The normalized spacial score (nSPS) is 12.6. The maximum Gasteiger partial charge on any atom is 0.305 e. The Kier molecular flexibility index (Phi) is 63.4. The first-order chi connectivity index (χ1) is 37.0. The molecule has 3 N–H and O–H groups in total. The van der Waals surface area contributed by atoms with Crippen LogP contribution in [0.3, 0.4) is 0 Å². The highest BCUT2D eigenvalue weighted by Gasteiger charge is 2.20. The zero-order valence-corrected chi connectivity index (χ0v) is 50.8. The molecule has 6 nitrogen and oxygen atoms in total. The van der Waals surface area contributed by atoms with Gasteiger partial charge < -0.3 is 20.3 Å². The third-order valence-corrected chi connectivity index (χ3v) is 16.0. The van der Waals surface area contributed by atoms with E-state index in [2.05, 4.69) is 43.5 Å². The first-order valence-corrected chi connectivity index (χ1v) is 34.1. The van der Waals surface area contributed by atoms with Gasteiger partial charge in [-0.25, -0.2) is 0 Å². The number of aliphatic hydroxyl groups excluding tert-OH is 2. The molecule has 0 radical (unpaired) electrons. The minimum absolute atomic E-state index is 0.0153. The third kappa shape index (κ3) is 61.4. The summed E-state index contributed by atoms with van der Waals surface area (Å²) in [5.74, 6) is -0.0159. The Morgan fingerprint density at radius 2 is 0.667 bits per heavy atom. The van der Waals surface area contributed by atoms with Gasteiger partial charge in [0, 0.05) is 12.8 Å². The maximum atomic E-state index is 12.5. The molecule has 0 spiro atoms. The number of aliphatic hydroxyl groups is 2. The molecular weight excluding hydrogens is 923 g/mol. The van der Waals surface area contributed by atoms with Crippen molar-refractivity contribution in [1.29, 1.82) is 0 Å². The van der Waals surface area contributed by atoms with Crippen LogP contribution in [0.1, 0.15) is 380 Å². The molecule has 2 unspecified atom stereocenters. The highest BCUT2D eigenvalue weighted by molar-refractivity contribution is 5.76. The van der Waals surface area contributed by atoms with Crippen molar-refractivity contribution in [3.63, 3.8) is 0 Å². The number of esters is 1. The molecule has 0 aliphatic heterocycles. The Labute approximate surface area is 469 Å². The molecule has 0 aliphatic carbocycles. The van der Waals surface area contributed by atoms with Gasteiger partial charge in [0.2, 0.25) is 5.91 Å². The highest BCUT2D eigenvalue weighted by atomic mass is 16.5. The monoisotopic (exact) mass is 1060 g/mol. The van der Waals surface area contributed by atoms with Crippen LogP contribution in [-0.4, -0.2) is 47.4 Å². The summed E-state index contributed by atoms with van der Waals surface area (Å²) in [6.45, 7) is 4.97. The lowest BCUT2D eigenvalue weighted by molar-refractivity contribution is -0.143. The van der Waals surface area contributed by atoms with Crippen LogP contribution in [0, 0.1) is 0 Å². The maximum absolute atomic E-state index is 12.5. The van der Waals surface area contributed by atoms with Crippen molar-refractivity contribution in [2.75, 3.05) is 13.2 Å². The van der Waals surface area contributed by atoms with Crippen molar-refractivity contribution in [2.24, 2.45) is 0 Å². The summed E-state index contributed by atoms with van der Waals surface area (Å²) in [7, 11) is 0. The standard InChI is InChI=1S/C69H133NO5/c1-3-5-7-9-11-13-15-38-41-45-49-53-57-61-67(72)66(65-71)70-68(73)62-58-54-50-46-42-39-36-34-32-30-28-26-24-22-20-18-17-19-21-23-25-27-29-31-33-35-37-40-44-48-52-56-60-64-75-69(74)63-59-55-51-47-43-16-14-12-10-8-6-4-2/h21,23,27,29,66-67,71-72H,3-20,22,24-26,28,30-65H2,1-2H3,(H,70,73)/b23-21-,29-27-. The number of carbonyl (C=O) groups excluding carboxylic acids is 2. The third-order valence-electron chi connectivity index (χ3n) is 16.0. The minimum Gasteiger partial charge on any atom is -0.466 e. The first kappa shape index (κ1) is 73.3. The minimum atomic E-state index is -0.662. The molecule has 0 aromatic rings. The number of rotatable bonds is 64. The van der Waals surface area contributed by atoms with Gasteiger partial charge in [-0.05, 0) is 57.8 Å². The van der Waals surface area contributed by atoms with E-state index in [1.807, 2.05) is 0 Å². The van der Waals surface area contributed by atoms with Gasteiger partial charge in [0.05, 0.1) is 25.4 Å². The van der Waals surface area contributed by atoms with Crippen LogP contribution in [0.25, 0.3) is 0 Å². The number of unbranched alkanes of at least 4 members (excludes halogenated alkanes) is 49. The van der Waals surface area contributed by atoms with E-state index in [4.69, 9.17) is 4.74 Å². The molecule has 2 atom stereocenters. The fraction of sp³-hybridized carbons (Fsp3) is 0.913. The molecule has 0 aliphatic rings. The molecule has 444 valence electrons. The molecule has 0 saturated heterocycles. The summed E-state index contributed by atoms with van der Waals surface area (Å²) in [4.78, 5) is 24.5. The number of allylic oxidation sites excluding steroid dienone is 4. The van der Waals surface area contributed by atoms with Gasteiger partial charge in [0.25, 0.3) is 0 Å². The van der Waals surface area contributed by atoms with Crippen LogP contribution >= 0.6 is 0 Å². The molecule has 6 heteroatoms. The van der Waals surface area contributed by atoms with E-state index >= 15 is 0 Å². The van der Waals surface area contributed by atoms with Crippen molar-refractivity contribution in [2.45, 2.75) is 392 Å². The number of nitrogens with one attached hydrogen (secondary N) is 1. The van der Waals surface area contributed by atoms with Gasteiger partial charge in [-0.1, -0.05) is 334 Å².